The molecule has 1 aromatic heterocycles. The number of carbonyl (C=O) groups excluding carboxylic acids is 1. The molecule has 0 aliphatic carbocycles. The number of amides is 1. The van der Waals surface area contributed by atoms with Crippen molar-refractivity contribution in [1.29, 1.82) is 0 Å². The van der Waals surface area contributed by atoms with E-state index >= 15 is 0 Å². The summed E-state index contributed by atoms with van der Waals surface area (Å²) in [5.41, 5.74) is -0.239. The molecule has 6 heteroatoms. The fraction of sp³-hybridized carbons (Fsp3) is 0.333. The Morgan fingerprint density at radius 2 is 2.27 bits per heavy atom. The highest BCUT2D eigenvalue weighted by atomic mass is 79.9. The van der Waals surface area contributed by atoms with Gasteiger partial charge in [-0.05, 0) is 22.0 Å². The van der Waals surface area contributed by atoms with Gasteiger partial charge in [0.15, 0.2) is 0 Å². The highest BCUT2D eigenvalue weighted by Gasteiger charge is 2.03. The lowest BCUT2D eigenvalue weighted by Gasteiger charge is -2.06. The van der Waals surface area contributed by atoms with Crippen molar-refractivity contribution in [2.45, 2.75) is 6.54 Å². The Hall–Kier alpha value is -1.14. The van der Waals surface area contributed by atoms with Gasteiger partial charge < -0.3 is 15.0 Å². The van der Waals surface area contributed by atoms with E-state index in [1.165, 1.54) is 10.6 Å². The van der Waals surface area contributed by atoms with Gasteiger partial charge in [0.2, 0.25) is 5.91 Å². The normalized spacial score (nSPS) is 10.0. The molecule has 82 valence electrons. The minimum absolute atomic E-state index is 0.0434. The molecule has 1 aromatic rings. The molecule has 0 unspecified atom stereocenters. The summed E-state index contributed by atoms with van der Waals surface area (Å²) in [7, 11) is 0. The summed E-state index contributed by atoms with van der Waals surface area (Å²) in [5, 5.41) is 11.0. The van der Waals surface area contributed by atoms with E-state index in [0.717, 1.165) is 4.47 Å². The number of hydrogen-bond acceptors (Lipinski definition) is 3. The zero-order valence-electron chi connectivity index (χ0n) is 7.94. The smallest absolute Gasteiger partial charge is 0.251 e. The molecule has 1 heterocycles. The lowest BCUT2D eigenvalue weighted by molar-refractivity contribution is -0.121. The molecule has 0 saturated carbocycles. The maximum Gasteiger partial charge on any atom is 0.251 e. The molecular formula is C9H11BrN2O3. The fourth-order valence-electron chi connectivity index (χ4n) is 1.03. The lowest BCUT2D eigenvalue weighted by Crippen LogP contribution is -2.33. The number of aromatic nitrogens is 1. The van der Waals surface area contributed by atoms with Crippen LogP contribution in [0, 0.1) is 0 Å². The predicted octanol–water partition coefficient (Wildman–Crippen LogP) is -0.281. The van der Waals surface area contributed by atoms with Gasteiger partial charge >= 0.3 is 0 Å². The topological polar surface area (TPSA) is 71.3 Å². The molecule has 0 bridgehead atoms. The van der Waals surface area contributed by atoms with Gasteiger partial charge in [-0.2, -0.15) is 0 Å². The molecule has 0 radical (unpaired) electrons. The van der Waals surface area contributed by atoms with E-state index in [-0.39, 0.29) is 31.2 Å². The number of rotatable bonds is 4. The minimum atomic E-state index is -0.302. The van der Waals surface area contributed by atoms with Crippen molar-refractivity contribution in [2.24, 2.45) is 0 Å². The highest BCUT2D eigenvalue weighted by Crippen LogP contribution is 2.04. The SMILES string of the molecule is O=C(Cn1cc(Br)ccc1=O)NCCO. The van der Waals surface area contributed by atoms with E-state index in [2.05, 4.69) is 21.2 Å². The zero-order chi connectivity index (χ0) is 11.3. The summed E-state index contributed by atoms with van der Waals surface area (Å²) in [6.07, 6.45) is 1.54. The summed E-state index contributed by atoms with van der Waals surface area (Å²) in [5.74, 6) is -0.302. The first-order chi connectivity index (χ1) is 7.13. The van der Waals surface area contributed by atoms with Gasteiger partial charge in [-0.1, -0.05) is 0 Å². The summed E-state index contributed by atoms with van der Waals surface area (Å²) in [4.78, 5) is 22.5. The average Bonchev–Trinajstić information content (AvgIpc) is 2.20. The fourth-order valence-corrected chi connectivity index (χ4v) is 1.41. The third-order valence-electron chi connectivity index (χ3n) is 1.70. The highest BCUT2D eigenvalue weighted by molar-refractivity contribution is 9.10. The summed E-state index contributed by atoms with van der Waals surface area (Å²) < 4.78 is 2.02. The van der Waals surface area contributed by atoms with Crippen molar-refractivity contribution in [2.75, 3.05) is 13.2 Å². The van der Waals surface area contributed by atoms with Gasteiger partial charge in [0.25, 0.3) is 5.56 Å². The summed E-state index contributed by atoms with van der Waals surface area (Å²) in [6.45, 7) is 0.0407. The van der Waals surface area contributed by atoms with Crippen molar-refractivity contribution in [3.63, 3.8) is 0 Å². The first-order valence-electron chi connectivity index (χ1n) is 4.37. The Bertz CT molecular complexity index is 403. The monoisotopic (exact) mass is 274 g/mol. The molecule has 5 nitrogen and oxygen atoms in total. The summed E-state index contributed by atoms with van der Waals surface area (Å²) >= 11 is 3.21. The standard InChI is InChI=1S/C9H11BrN2O3/c10-7-1-2-9(15)12(5-7)6-8(14)11-3-4-13/h1-2,5,13H,3-4,6H2,(H,11,14). The predicted molar refractivity (Wildman–Crippen MR) is 58.5 cm³/mol. The van der Waals surface area contributed by atoms with E-state index < -0.39 is 0 Å². The van der Waals surface area contributed by atoms with Crippen LogP contribution in [0.1, 0.15) is 0 Å². The second kappa shape index (κ2) is 5.67. The van der Waals surface area contributed by atoms with Crippen molar-refractivity contribution in [3.8, 4) is 0 Å². The second-order valence-corrected chi connectivity index (χ2v) is 3.80. The van der Waals surface area contributed by atoms with E-state index in [9.17, 15) is 9.59 Å². The molecule has 2 N–H and O–H groups in total. The first kappa shape index (κ1) is 11.9. The number of aliphatic hydroxyl groups excluding tert-OH is 1. The van der Waals surface area contributed by atoms with Crippen molar-refractivity contribution in [1.82, 2.24) is 9.88 Å². The van der Waals surface area contributed by atoms with E-state index in [4.69, 9.17) is 5.11 Å². The van der Waals surface area contributed by atoms with Gasteiger partial charge in [-0.3, -0.25) is 9.59 Å². The average molecular weight is 275 g/mol. The molecule has 1 rings (SSSR count). The van der Waals surface area contributed by atoms with Crippen LogP contribution >= 0.6 is 15.9 Å². The molecule has 0 atom stereocenters. The van der Waals surface area contributed by atoms with Gasteiger partial charge in [-0.25, -0.2) is 0 Å². The molecule has 0 fully saturated rings. The number of nitrogens with one attached hydrogen (secondary N) is 1. The molecule has 15 heavy (non-hydrogen) atoms. The van der Waals surface area contributed by atoms with E-state index in [1.54, 1.807) is 12.3 Å². The third kappa shape index (κ3) is 3.85. The number of nitrogens with zero attached hydrogens (tertiary/aromatic N) is 1. The van der Waals surface area contributed by atoms with Gasteiger partial charge in [-0.15, -0.1) is 0 Å². The van der Waals surface area contributed by atoms with Gasteiger partial charge in [0.05, 0.1) is 6.61 Å². The minimum Gasteiger partial charge on any atom is -0.395 e. The number of aliphatic hydroxyl groups is 1. The third-order valence-corrected chi connectivity index (χ3v) is 2.16. The maximum atomic E-state index is 11.3. The van der Waals surface area contributed by atoms with Crippen LogP contribution in [0.3, 0.4) is 0 Å². The molecule has 0 aromatic carbocycles. The molecule has 0 aliphatic heterocycles. The quantitative estimate of drug-likeness (QED) is 0.794. The van der Waals surface area contributed by atoms with Crippen LogP contribution in [0.2, 0.25) is 0 Å². The number of halogens is 1. The van der Waals surface area contributed by atoms with Crippen molar-refractivity contribution < 1.29 is 9.90 Å². The maximum absolute atomic E-state index is 11.3. The Kier molecular flexibility index (Phi) is 4.51. The summed E-state index contributed by atoms with van der Waals surface area (Å²) in [6, 6.07) is 2.99. The second-order valence-electron chi connectivity index (χ2n) is 2.89. The van der Waals surface area contributed by atoms with Crippen LogP contribution in [0.25, 0.3) is 0 Å². The van der Waals surface area contributed by atoms with Gasteiger partial charge in [0.1, 0.15) is 6.54 Å². The van der Waals surface area contributed by atoms with E-state index in [1.807, 2.05) is 0 Å². The van der Waals surface area contributed by atoms with E-state index in [0.29, 0.717) is 0 Å². The lowest BCUT2D eigenvalue weighted by atomic mass is 10.4. The molecule has 1 amide bonds. The Labute approximate surface area is 94.9 Å². The van der Waals surface area contributed by atoms with Crippen LogP contribution in [-0.4, -0.2) is 28.7 Å². The Morgan fingerprint density at radius 1 is 1.53 bits per heavy atom. The molecular weight excluding hydrogens is 264 g/mol. The number of hydrogen-bond donors (Lipinski definition) is 2. The first-order valence-corrected chi connectivity index (χ1v) is 5.16. The van der Waals surface area contributed by atoms with Crippen LogP contribution in [-0.2, 0) is 11.3 Å². The van der Waals surface area contributed by atoms with Crippen LogP contribution in [0.5, 0.6) is 0 Å². The largest absolute Gasteiger partial charge is 0.395 e. The number of pyridine rings is 1. The Morgan fingerprint density at radius 3 is 2.93 bits per heavy atom. The molecule has 0 saturated heterocycles. The molecule has 0 spiro atoms. The zero-order valence-corrected chi connectivity index (χ0v) is 9.53. The Balaban J connectivity index is 2.68. The van der Waals surface area contributed by atoms with Crippen LogP contribution in [0.4, 0.5) is 0 Å². The van der Waals surface area contributed by atoms with Crippen LogP contribution < -0.4 is 10.9 Å². The van der Waals surface area contributed by atoms with Gasteiger partial charge in [0, 0.05) is 23.3 Å². The van der Waals surface area contributed by atoms with Crippen molar-refractivity contribution >= 4 is 21.8 Å². The number of carbonyl (C=O) groups is 1. The molecule has 0 aliphatic rings. The van der Waals surface area contributed by atoms with Crippen molar-refractivity contribution in [3.05, 3.63) is 33.2 Å². The van der Waals surface area contributed by atoms with Crippen LogP contribution in [0.15, 0.2) is 27.6 Å².